The fourth-order valence-electron chi connectivity index (χ4n) is 3.22. The summed E-state index contributed by atoms with van der Waals surface area (Å²) in [4.78, 5) is 26.8. The summed E-state index contributed by atoms with van der Waals surface area (Å²) in [5, 5.41) is 2.83. The maximum absolute atomic E-state index is 12.5. The largest absolute Gasteiger partial charge is 0.454 e. The van der Waals surface area contributed by atoms with E-state index < -0.39 is 0 Å². The molecule has 2 aliphatic heterocycles. The number of anilines is 1. The molecule has 2 aromatic carbocycles. The van der Waals surface area contributed by atoms with Gasteiger partial charge in [-0.1, -0.05) is 0 Å². The van der Waals surface area contributed by atoms with Gasteiger partial charge in [0.25, 0.3) is 11.8 Å². The number of rotatable bonds is 3. The second-order valence-corrected chi connectivity index (χ2v) is 6.45. The van der Waals surface area contributed by atoms with Gasteiger partial charge in [-0.25, -0.2) is 0 Å². The maximum atomic E-state index is 12.5. The molecule has 0 aliphatic carbocycles. The number of nitrogens with one attached hydrogen (secondary N) is 1. The first-order chi connectivity index (χ1) is 12.7. The number of hydrogen-bond acceptors (Lipinski definition) is 4. The van der Waals surface area contributed by atoms with Gasteiger partial charge in [0, 0.05) is 36.0 Å². The lowest BCUT2D eigenvalue weighted by Crippen LogP contribution is -2.35. The molecule has 1 N–H and O–H groups in total. The molecule has 2 aromatic rings. The van der Waals surface area contributed by atoms with Crippen LogP contribution in [0.5, 0.6) is 11.5 Å². The molecule has 2 amide bonds. The number of likely N-dealkylation sites (tertiary alicyclic amines) is 1. The molecule has 2 heterocycles. The van der Waals surface area contributed by atoms with E-state index >= 15 is 0 Å². The van der Waals surface area contributed by atoms with Gasteiger partial charge < -0.3 is 19.7 Å². The van der Waals surface area contributed by atoms with Crippen molar-refractivity contribution in [3.63, 3.8) is 0 Å². The van der Waals surface area contributed by atoms with E-state index in [1.54, 1.807) is 42.5 Å². The molecule has 1 saturated heterocycles. The van der Waals surface area contributed by atoms with Gasteiger partial charge in [-0.15, -0.1) is 0 Å². The minimum atomic E-state index is -0.235. The van der Waals surface area contributed by atoms with Gasteiger partial charge in [0.2, 0.25) is 6.79 Å². The molecule has 6 heteroatoms. The van der Waals surface area contributed by atoms with Crippen molar-refractivity contribution in [2.45, 2.75) is 19.3 Å². The van der Waals surface area contributed by atoms with Crippen LogP contribution in [0.25, 0.3) is 0 Å². The highest BCUT2D eigenvalue weighted by atomic mass is 16.7. The number of amides is 2. The summed E-state index contributed by atoms with van der Waals surface area (Å²) in [6.45, 7) is 1.82. The van der Waals surface area contributed by atoms with Gasteiger partial charge in [0.15, 0.2) is 11.5 Å². The van der Waals surface area contributed by atoms with E-state index in [9.17, 15) is 9.59 Å². The molecule has 4 rings (SSSR count). The van der Waals surface area contributed by atoms with Crippen LogP contribution in [0.2, 0.25) is 0 Å². The second-order valence-electron chi connectivity index (χ2n) is 6.45. The lowest BCUT2D eigenvalue weighted by atomic mass is 10.1. The lowest BCUT2D eigenvalue weighted by Gasteiger charge is -2.26. The van der Waals surface area contributed by atoms with Crippen LogP contribution in [0.1, 0.15) is 40.0 Å². The summed E-state index contributed by atoms with van der Waals surface area (Å²) in [7, 11) is 0. The fourth-order valence-corrected chi connectivity index (χ4v) is 3.22. The SMILES string of the molecule is O=C(Nc1ccc2c(c1)OCO2)c1ccc(C(=O)N2CCCCC2)cc1. The number of hydrogen-bond donors (Lipinski definition) is 1. The van der Waals surface area contributed by atoms with Crippen molar-refractivity contribution in [2.24, 2.45) is 0 Å². The number of piperidine rings is 1. The molecule has 1 fully saturated rings. The number of carbonyl (C=O) groups is 2. The van der Waals surface area contributed by atoms with Crippen LogP contribution in [0.4, 0.5) is 5.69 Å². The predicted octanol–water partition coefficient (Wildman–Crippen LogP) is 3.29. The minimum absolute atomic E-state index is 0.0347. The third-order valence-electron chi connectivity index (χ3n) is 4.67. The third kappa shape index (κ3) is 3.35. The highest BCUT2D eigenvalue weighted by molar-refractivity contribution is 6.05. The van der Waals surface area contributed by atoms with Crippen molar-refractivity contribution < 1.29 is 19.1 Å². The molecule has 0 unspecified atom stereocenters. The molecule has 0 radical (unpaired) electrons. The molecular weight excluding hydrogens is 332 g/mol. The summed E-state index contributed by atoms with van der Waals surface area (Å²) < 4.78 is 10.6. The van der Waals surface area contributed by atoms with Crippen LogP contribution in [-0.4, -0.2) is 36.6 Å². The molecule has 0 saturated carbocycles. The molecule has 0 spiro atoms. The predicted molar refractivity (Wildman–Crippen MR) is 96.7 cm³/mol. The van der Waals surface area contributed by atoms with Gasteiger partial charge in [0.1, 0.15) is 0 Å². The number of ether oxygens (including phenoxy) is 2. The van der Waals surface area contributed by atoms with Crippen LogP contribution in [-0.2, 0) is 0 Å². The van der Waals surface area contributed by atoms with Crippen molar-refractivity contribution >= 4 is 17.5 Å². The van der Waals surface area contributed by atoms with E-state index in [4.69, 9.17) is 9.47 Å². The Morgan fingerprint density at radius 2 is 1.54 bits per heavy atom. The molecule has 2 aliphatic rings. The lowest BCUT2D eigenvalue weighted by molar-refractivity contribution is 0.0724. The van der Waals surface area contributed by atoms with Crippen molar-refractivity contribution in [3.05, 3.63) is 53.6 Å². The minimum Gasteiger partial charge on any atom is -0.454 e. The standard InChI is InChI=1S/C20H20N2O4/c23-19(21-16-8-9-17-18(12-16)26-13-25-17)14-4-6-15(7-5-14)20(24)22-10-2-1-3-11-22/h4-9,12H,1-3,10-11,13H2,(H,21,23). The van der Waals surface area contributed by atoms with E-state index in [-0.39, 0.29) is 18.6 Å². The van der Waals surface area contributed by atoms with E-state index in [0.29, 0.717) is 28.3 Å². The number of fused-ring (bicyclic) bond motifs is 1. The zero-order valence-corrected chi connectivity index (χ0v) is 14.4. The fraction of sp³-hybridized carbons (Fsp3) is 0.300. The van der Waals surface area contributed by atoms with E-state index in [1.165, 1.54) is 6.42 Å². The Labute approximate surface area is 151 Å². The summed E-state index contributed by atoms with van der Waals surface area (Å²) in [5.74, 6) is 1.09. The molecule has 26 heavy (non-hydrogen) atoms. The van der Waals surface area contributed by atoms with Crippen LogP contribution < -0.4 is 14.8 Å². The Bertz CT molecular complexity index is 826. The Morgan fingerprint density at radius 3 is 2.31 bits per heavy atom. The summed E-state index contributed by atoms with van der Waals surface area (Å²) in [5.41, 5.74) is 1.75. The highest BCUT2D eigenvalue weighted by Crippen LogP contribution is 2.34. The molecule has 0 atom stereocenters. The van der Waals surface area contributed by atoms with Crippen LogP contribution in [0, 0.1) is 0 Å². The average Bonchev–Trinajstić information content (AvgIpc) is 3.16. The maximum Gasteiger partial charge on any atom is 0.255 e. The Kier molecular flexibility index (Phi) is 4.48. The third-order valence-corrected chi connectivity index (χ3v) is 4.67. The molecule has 134 valence electrons. The zero-order chi connectivity index (χ0) is 17.9. The number of carbonyl (C=O) groups excluding carboxylic acids is 2. The highest BCUT2D eigenvalue weighted by Gasteiger charge is 2.19. The topological polar surface area (TPSA) is 67.9 Å². The van der Waals surface area contributed by atoms with E-state index in [1.807, 2.05) is 4.90 Å². The summed E-state index contributed by atoms with van der Waals surface area (Å²) in [6, 6.07) is 12.0. The monoisotopic (exact) mass is 352 g/mol. The normalized spacial score (nSPS) is 15.6. The van der Waals surface area contributed by atoms with Crippen molar-refractivity contribution in [1.29, 1.82) is 0 Å². The van der Waals surface area contributed by atoms with Crippen molar-refractivity contribution in [3.8, 4) is 11.5 Å². The van der Waals surface area contributed by atoms with Crippen molar-refractivity contribution in [2.75, 3.05) is 25.2 Å². The van der Waals surface area contributed by atoms with Gasteiger partial charge in [-0.3, -0.25) is 9.59 Å². The summed E-state index contributed by atoms with van der Waals surface area (Å²) >= 11 is 0. The van der Waals surface area contributed by atoms with Gasteiger partial charge in [0.05, 0.1) is 0 Å². The number of nitrogens with zero attached hydrogens (tertiary/aromatic N) is 1. The van der Waals surface area contributed by atoms with E-state index in [2.05, 4.69) is 5.32 Å². The van der Waals surface area contributed by atoms with Crippen LogP contribution in [0.15, 0.2) is 42.5 Å². The summed E-state index contributed by atoms with van der Waals surface area (Å²) in [6.07, 6.45) is 3.30. The van der Waals surface area contributed by atoms with Crippen LogP contribution >= 0.6 is 0 Å². The van der Waals surface area contributed by atoms with Crippen LogP contribution in [0.3, 0.4) is 0 Å². The first kappa shape index (κ1) is 16.4. The Hall–Kier alpha value is -3.02. The quantitative estimate of drug-likeness (QED) is 0.920. The van der Waals surface area contributed by atoms with Crippen molar-refractivity contribution in [1.82, 2.24) is 4.90 Å². The second kappa shape index (κ2) is 7.07. The van der Waals surface area contributed by atoms with Gasteiger partial charge in [-0.2, -0.15) is 0 Å². The smallest absolute Gasteiger partial charge is 0.255 e. The average molecular weight is 352 g/mol. The Balaban J connectivity index is 1.43. The Morgan fingerprint density at radius 1 is 0.846 bits per heavy atom. The first-order valence-corrected chi connectivity index (χ1v) is 8.81. The zero-order valence-electron chi connectivity index (χ0n) is 14.4. The molecule has 0 bridgehead atoms. The molecule has 6 nitrogen and oxygen atoms in total. The first-order valence-electron chi connectivity index (χ1n) is 8.81. The van der Waals surface area contributed by atoms with E-state index in [0.717, 1.165) is 25.9 Å². The number of benzene rings is 2. The molecule has 0 aromatic heterocycles. The molecular formula is C20H20N2O4. The van der Waals surface area contributed by atoms with Gasteiger partial charge in [-0.05, 0) is 55.7 Å². The van der Waals surface area contributed by atoms with Gasteiger partial charge >= 0.3 is 0 Å².